The van der Waals surface area contributed by atoms with Gasteiger partial charge in [0.25, 0.3) is 0 Å². The first-order valence-electron chi connectivity index (χ1n) is 29.5. The molecule has 0 unspecified atom stereocenters. The van der Waals surface area contributed by atoms with E-state index < -0.39 is 302 Å². The van der Waals surface area contributed by atoms with Crippen LogP contribution in [0.3, 0.4) is 0 Å². The van der Waals surface area contributed by atoms with Crippen molar-refractivity contribution in [2.24, 2.45) is 0 Å². The number of carboxylic acids is 3. The van der Waals surface area contributed by atoms with E-state index in [0.29, 0.717) is 0 Å². The minimum absolute atomic E-state index is 0.592. The van der Waals surface area contributed by atoms with Gasteiger partial charge in [-0.05, 0) is 0 Å². The largest absolute Gasteiger partial charge is 0.479 e. The van der Waals surface area contributed by atoms with E-state index in [9.17, 15) is 141 Å². The SMILES string of the molecule is CC(=O)N[C@H]1[C@@H](O[C@H]2[C@H](O)[C@@H](O)[C@H](O[C@H]3[C@H](O)[C@@H](NC(C)=O)[C@@H](O[C@H]4[C@H](O)[C@@H](O)[C@H](O[C@H]5[C@@H](O)[C@@H](CO)O[C@@H](O[C@H]6[C@@H](O)[C@@H](CO)O[C@@H](O[C@@H]7CO[C@@H](O)[C@H](O)[C@H]7O)[C@@H]6O)[C@@H]5O)O[C@@H]4C(=O)O)O[C@@H]3CO)O[C@@H]2C(=O)O)O[C@H](CO)[C@@H](O[C@@H]2O[C@H](C(=O)O)[C@@H](O)[C@H](O)[C@H]2O)[C@@H]1O. The molecular weight excluding hydrogens is 1330 g/mol. The Hall–Kier alpha value is -4.05. The number of carbonyl (C=O) groups excluding carboxylic acids is 2. The van der Waals surface area contributed by atoms with E-state index in [-0.39, 0.29) is 0 Å². The average Bonchev–Trinajstić information content (AvgIpc) is 0.783. The zero-order chi connectivity index (χ0) is 71.0. The van der Waals surface area contributed by atoms with Gasteiger partial charge in [-0.2, -0.15) is 0 Å². The molecule has 0 saturated carbocycles. The lowest BCUT2D eigenvalue weighted by Gasteiger charge is -2.50. The van der Waals surface area contributed by atoms with Gasteiger partial charge in [-0.1, -0.05) is 0 Å². The lowest BCUT2D eigenvalue weighted by Crippen LogP contribution is -2.71. The summed E-state index contributed by atoms with van der Waals surface area (Å²) in [6, 6.07) is -3.99. The number of carboxylic acid groups (broad SMARTS) is 3. The third kappa shape index (κ3) is 16.3. The Kier molecular flexibility index (Phi) is 26.5. The number of ether oxygens (including phenoxy) is 15. The molecule has 0 aromatic carbocycles. The second-order valence-electron chi connectivity index (χ2n) is 23.5. The van der Waals surface area contributed by atoms with Crippen LogP contribution in [0.15, 0.2) is 0 Å². The first-order valence-corrected chi connectivity index (χ1v) is 29.5. The van der Waals surface area contributed by atoms with Crippen LogP contribution < -0.4 is 10.6 Å². The number of carbonyl (C=O) groups is 5. The van der Waals surface area contributed by atoms with Crippen LogP contribution in [0, 0.1) is 0 Å². The summed E-state index contributed by atoms with van der Waals surface area (Å²) in [5, 5.41) is 252. The summed E-state index contributed by atoms with van der Waals surface area (Å²) >= 11 is 0. The quantitative estimate of drug-likeness (QED) is 0.0452. The lowest BCUT2D eigenvalue weighted by molar-refractivity contribution is -0.390. The second kappa shape index (κ2) is 32.7. The van der Waals surface area contributed by atoms with Gasteiger partial charge in [0.2, 0.25) is 11.8 Å². The van der Waals surface area contributed by atoms with Crippen LogP contribution >= 0.6 is 0 Å². The van der Waals surface area contributed by atoms with E-state index in [1.165, 1.54) is 0 Å². The molecule has 552 valence electrons. The standard InChI is InChI=1S/C51H80N2O43/c1-8(58)52-15-20(63)32(88-47-27(70)22(65)23(66)38(94-47)41(75)76)12(5-56)85-45(15)92-36-24(67)28(71)48(95-39(36)42(77)78)89-33-13(6-57)86-46(16(21(33)64)53-9(2)59)93-37-25(68)29(72)49(96-40(37)43(79)80)90-35-19(62)11(4-55)84-51(31(35)74)91-34-18(61)10(3-54)83-50(30(34)73)87-14-7-82-44(81)26(69)17(14)60/h10-40,44-51,54-57,60-74,81H,3-7H2,1-2H3,(H,52,58)(H,53,59)(H,75,76)(H,77,78)(H,79,80)/t10-,11-,12-,13-,14-,15-,16-,17+,18+,19+,20-,21-,22+,23+,24-,25-,26-,27-,28-,29-,30-,31-,32-,33-,34+,35+,36+,37+,38+,39+,40+,44-,45-,46-,47-,48-,49-,50+,51+/m1/s1. The van der Waals surface area contributed by atoms with E-state index >= 15 is 0 Å². The van der Waals surface area contributed by atoms with E-state index in [2.05, 4.69) is 10.6 Å². The van der Waals surface area contributed by atoms with Crippen LogP contribution in [0.4, 0.5) is 0 Å². The number of aliphatic carboxylic acids is 3. The lowest BCUT2D eigenvalue weighted by atomic mass is 9.93. The van der Waals surface area contributed by atoms with Crippen LogP contribution in [0.5, 0.6) is 0 Å². The van der Waals surface area contributed by atoms with Crippen molar-refractivity contribution in [3.05, 3.63) is 0 Å². The Morgan fingerprint density at radius 2 is 0.646 bits per heavy atom. The Bertz CT molecular complexity index is 2590. The molecular formula is C51H80N2O43. The Balaban J connectivity index is 0.947. The van der Waals surface area contributed by atoms with Crippen LogP contribution in [0.1, 0.15) is 13.8 Å². The fourth-order valence-electron chi connectivity index (χ4n) is 11.9. The van der Waals surface area contributed by atoms with Gasteiger partial charge in [0.15, 0.2) is 68.6 Å². The number of rotatable bonds is 23. The molecule has 8 heterocycles. The van der Waals surface area contributed by atoms with E-state index in [4.69, 9.17) is 71.1 Å². The van der Waals surface area contributed by atoms with Gasteiger partial charge in [-0.15, -0.1) is 0 Å². The summed E-state index contributed by atoms with van der Waals surface area (Å²) in [4.78, 5) is 62.8. The molecule has 0 aromatic rings. The van der Waals surface area contributed by atoms with Crippen molar-refractivity contribution in [2.75, 3.05) is 33.0 Å². The topological polar surface area (TPSA) is 713 Å². The first kappa shape index (κ1) is 77.7. The first-order chi connectivity index (χ1) is 45.2. The maximum atomic E-state index is 13.0. The predicted octanol–water partition coefficient (Wildman–Crippen LogP) is -17.2. The van der Waals surface area contributed by atoms with Gasteiger partial charge in [0.05, 0.1) is 33.0 Å². The average molecular weight is 1410 g/mol. The van der Waals surface area contributed by atoms with E-state index in [0.717, 1.165) is 13.8 Å². The van der Waals surface area contributed by atoms with E-state index in [1.807, 2.05) is 0 Å². The number of nitrogens with one attached hydrogen (secondary N) is 2. The van der Waals surface area contributed by atoms with Gasteiger partial charge in [-0.25, -0.2) is 14.4 Å². The minimum atomic E-state index is -2.54. The highest BCUT2D eigenvalue weighted by atomic mass is 16.8. The van der Waals surface area contributed by atoms with Crippen molar-refractivity contribution >= 4 is 29.7 Å². The van der Waals surface area contributed by atoms with Crippen LogP contribution in [0.2, 0.25) is 0 Å². The number of aliphatic hydroxyl groups excluding tert-OH is 20. The second-order valence-corrected chi connectivity index (χ2v) is 23.5. The molecule has 0 aliphatic carbocycles. The zero-order valence-corrected chi connectivity index (χ0v) is 50.0. The number of hydrogen-bond donors (Lipinski definition) is 25. The molecule has 0 radical (unpaired) electrons. The van der Waals surface area contributed by atoms with Crippen molar-refractivity contribution in [2.45, 2.75) is 253 Å². The molecule has 8 saturated heterocycles. The molecule has 45 heteroatoms. The molecule has 8 fully saturated rings. The monoisotopic (exact) mass is 1410 g/mol. The highest BCUT2D eigenvalue weighted by molar-refractivity contribution is 5.75. The van der Waals surface area contributed by atoms with E-state index in [1.54, 1.807) is 0 Å². The van der Waals surface area contributed by atoms with Crippen molar-refractivity contribution in [3.63, 3.8) is 0 Å². The van der Waals surface area contributed by atoms with Crippen LogP contribution in [0.25, 0.3) is 0 Å². The fraction of sp³-hybridized carbons (Fsp3) is 0.902. The third-order valence-corrected chi connectivity index (χ3v) is 17.0. The van der Waals surface area contributed by atoms with Crippen molar-refractivity contribution in [1.82, 2.24) is 10.6 Å². The normalized spacial score (nSPS) is 49.5. The summed E-state index contributed by atoms with van der Waals surface area (Å²) in [7, 11) is 0. The Labute approximate surface area is 538 Å². The summed E-state index contributed by atoms with van der Waals surface area (Å²) < 4.78 is 83.1. The Morgan fingerprint density at radius 3 is 1.01 bits per heavy atom. The maximum Gasteiger partial charge on any atom is 0.335 e. The van der Waals surface area contributed by atoms with Crippen molar-refractivity contribution in [3.8, 4) is 0 Å². The number of amides is 2. The predicted molar refractivity (Wildman–Crippen MR) is 283 cm³/mol. The molecule has 25 N–H and O–H groups in total. The highest BCUT2D eigenvalue weighted by Gasteiger charge is 2.61. The zero-order valence-electron chi connectivity index (χ0n) is 50.0. The summed E-state index contributed by atoms with van der Waals surface area (Å²) in [5.74, 6) is -7.86. The summed E-state index contributed by atoms with van der Waals surface area (Å²) in [6.45, 7) is -3.36. The molecule has 39 atom stereocenters. The number of hydrogen-bond acceptors (Lipinski definition) is 40. The molecule has 0 aromatic heterocycles. The fourth-order valence-corrected chi connectivity index (χ4v) is 11.9. The van der Waals surface area contributed by atoms with Crippen LogP contribution in [-0.2, 0) is 95.0 Å². The molecule has 2 amide bonds. The molecule has 0 spiro atoms. The minimum Gasteiger partial charge on any atom is -0.479 e. The molecule has 45 nitrogen and oxygen atoms in total. The summed E-state index contributed by atoms with van der Waals surface area (Å²) in [5.41, 5.74) is 0. The maximum absolute atomic E-state index is 13.0. The summed E-state index contributed by atoms with van der Waals surface area (Å²) in [6.07, 6.45) is -80.4. The molecule has 8 aliphatic heterocycles. The number of aliphatic hydroxyl groups is 20. The van der Waals surface area contributed by atoms with Gasteiger partial charge >= 0.3 is 17.9 Å². The van der Waals surface area contributed by atoms with Gasteiger partial charge in [-0.3, -0.25) is 9.59 Å². The molecule has 8 rings (SSSR count). The van der Waals surface area contributed by atoms with Crippen LogP contribution in [-0.4, -0.2) is 420 Å². The Morgan fingerprint density at radius 1 is 0.323 bits per heavy atom. The third-order valence-electron chi connectivity index (χ3n) is 17.0. The molecule has 0 bridgehead atoms. The highest BCUT2D eigenvalue weighted by Crippen LogP contribution is 2.39. The van der Waals surface area contributed by atoms with Gasteiger partial charge in [0, 0.05) is 13.8 Å². The van der Waals surface area contributed by atoms with Gasteiger partial charge in [0.1, 0.15) is 171 Å². The smallest absolute Gasteiger partial charge is 0.335 e. The van der Waals surface area contributed by atoms with Crippen molar-refractivity contribution in [1.29, 1.82) is 0 Å². The van der Waals surface area contributed by atoms with Crippen molar-refractivity contribution < 1.29 is 212 Å². The molecule has 8 aliphatic rings. The van der Waals surface area contributed by atoms with Gasteiger partial charge < -0.3 is 199 Å². The molecule has 96 heavy (non-hydrogen) atoms.